The summed E-state index contributed by atoms with van der Waals surface area (Å²) in [6, 6.07) is 2.48. The zero-order chi connectivity index (χ0) is 24.3. The maximum absolute atomic E-state index is 6.07. The number of hydrogen-bond donors (Lipinski definition) is 0. The molecule has 0 bridgehead atoms. The highest BCUT2D eigenvalue weighted by Gasteiger charge is 2.42. The second-order valence-corrected chi connectivity index (χ2v) is 21.0. The zero-order valence-corrected chi connectivity index (χ0v) is 26.4. The van der Waals surface area contributed by atoms with Crippen LogP contribution in [0.5, 0.6) is 0 Å². The summed E-state index contributed by atoms with van der Waals surface area (Å²) in [6.07, 6.45) is 10.7. The van der Waals surface area contributed by atoms with Gasteiger partial charge in [0, 0.05) is 45.4 Å². The molecule has 32 heavy (non-hydrogen) atoms. The van der Waals surface area contributed by atoms with Gasteiger partial charge in [0.05, 0.1) is 0 Å². The first-order chi connectivity index (χ1) is 15.3. The Labute approximate surface area is 212 Å². The van der Waals surface area contributed by atoms with Crippen LogP contribution in [-0.2, 0) is 13.3 Å². The van der Waals surface area contributed by atoms with E-state index < -0.39 is 16.9 Å². The highest BCUT2D eigenvalue weighted by Crippen LogP contribution is 2.30. The van der Waals surface area contributed by atoms with Gasteiger partial charge in [-0.2, -0.15) is 0 Å². The minimum Gasteiger partial charge on any atom is -0.374 e. The van der Waals surface area contributed by atoms with Gasteiger partial charge in [-0.15, -0.1) is 0 Å². The van der Waals surface area contributed by atoms with Crippen molar-refractivity contribution in [3.63, 3.8) is 0 Å². The van der Waals surface area contributed by atoms with Gasteiger partial charge in [0.1, 0.15) is 0 Å². The van der Waals surface area contributed by atoms with E-state index in [9.17, 15) is 0 Å². The van der Waals surface area contributed by atoms with Gasteiger partial charge in [0.15, 0.2) is 0 Å². The van der Waals surface area contributed by atoms with Gasteiger partial charge in [-0.05, 0) is 45.4 Å². The van der Waals surface area contributed by atoms with Crippen molar-refractivity contribution >= 4 is 38.5 Å². The van der Waals surface area contributed by atoms with E-state index in [1.165, 1.54) is 68.9 Å². The fourth-order valence-electron chi connectivity index (χ4n) is 4.39. The second kappa shape index (κ2) is 20.2. The van der Waals surface area contributed by atoms with E-state index in [1.54, 1.807) is 0 Å². The molecule has 2 unspecified atom stereocenters. The third-order valence-electron chi connectivity index (χ3n) is 5.95. The van der Waals surface area contributed by atoms with Crippen LogP contribution in [0, 0.1) is 11.8 Å². The van der Waals surface area contributed by atoms with Crippen LogP contribution in [0.25, 0.3) is 0 Å². The molecule has 0 aromatic carbocycles. The minimum absolute atomic E-state index is 0.645. The van der Waals surface area contributed by atoms with Gasteiger partial charge in [0.2, 0.25) is 0 Å². The topological polar surface area (TPSA) is 27.7 Å². The summed E-state index contributed by atoms with van der Waals surface area (Å²) in [4.78, 5) is 0. The lowest BCUT2D eigenvalue weighted by atomic mass is 10.0. The van der Waals surface area contributed by atoms with Gasteiger partial charge in [-0.1, -0.05) is 99.6 Å². The van der Waals surface area contributed by atoms with Crippen LogP contribution in [-0.4, -0.2) is 48.2 Å². The van der Waals surface area contributed by atoms with Gasteiger partial charge in [-0.3, -0.25) is 0 Å². The Morgan fingerprint density at radius 2 is 1.00 bits per heavy atom. The molecule has 0 saturated heterocycles. The van der Waals surface area contributed by atoms with Gasteiger partial charge < -0.3 is 13.3 Å². The SMILES string of the molecule is CCO[Si](CC(CC)CCCCSSCCCCC(CC)C[Si](C)(C)C)(OCC)OCC. The Bertz CT molecular complexity index is 405. The van der Waals surface area contributed by atoms with Gasteiger partial charge >= 0.3 is 8.80 Å². The zero-order valence-electron chi connectivity index (χ0n) is 22.8. The summed E-state index contributed by atoms with van der Waals surface area (Å²) in [7, 11) is 0.769. The number of rotatable bonds is 23. The van der Waals surface area contributed by atoms with E-state index in [0.717, 1.165) is 12.0 Å². The van der Waals surface area contributed by atoms with E-state index in [-0.39, 0.29) is 0 Å². The van der Waals surface area contributed by atoms with Crippen molar-refractivity contribution in [1.29, 1.82) is 0 Å². The standard InChI is InChI=1S/C25H56O3S2Si2/c1-9-24(22-31(6,7)8)18-14-16-20-29-30-21-17-15-19-25(10-2)23-32(26-11-3,27-12-4)28-13-5/h24-25H,9-23H2,1-8H3. The molecule has 0 N–H and O–H groups in total. The molecular weight excluding hydrogens is 469 g/mol. The molecule has 2 atom stereocenters. The Kier molecular flexibility index (Phi) is 20.9. The van der Waals surface area contributed by atoms with Crippen LogP contribution < -0.4 is 0 Å². The first-order valence-corrected chi connectivity index (χ1v) is 21.5. The monoisotopic (exact) mass is 524 g/mol. The quantitative estimate of drug-likeness (QED) is 0.0754. The molecule has 0 amide bonds. The highest BCUT2D eigenvalue weighted by atomic mass is 33.1. The number of hydrogen-bond acceptors (Lipinski definition) is 5. The molecule has 194 valence electrons. The van der Waals surface area contributed by atoms with E-state index in [4.69, 9.17) is 13.3 Å². The molecule has 7 heteroatoms. The van der Waals surface area contributed by atoms with Crippen molar-refractivity contribution < 1.29 is 13.3 Å². The highest BCUT2D eigenvalue weighted by molar-refractivity contribution is 8.76. The molecule has 0 spiro atoms. The van der Waals surface area contributed by atoms with Gasteiger partial charge in [-0.25, -0.2) is 0 Å². The Morgan fingerprint density at radius 3 is 1.34 bits per heavy atom. The average molecular weight is 525 g/mol. The first kappa shape index (κ1) is 33.0. The summed E-state index contributed by atoms with van der Waals surface area (Å²) in [5.74, 6) is 4.21. The van der Waals surface area contributed by atoms with E-state index in [1.807, 2.05) is 20.8 Å². The van der Waals surface area contributed by atoms with Crippen molar-refractivity contribution in [2.75, 3.05) is 31.3 Å². The maximum atomic E-state index is 6.07. The van der Waals surface area contributed by atoms with Crippen LogP contribution in [0.2, 0.25) is 31.7 Å². The molecule has 0 heterocycles. The summed E-state index contributed by atoms with van der Waals surface area (Å²) in [6.45, 7) is 20.4. The average Bonchev–Trinajstić information content (AvgIpc) is 2.73. The lowest BCUT2D eigenvalue weighted by molar-refractivity contribution is 0.0663. The summed E-state index contributed by atoms with van der Waals surface area (Å²) in [5.41, 5.74) is 0. The Hall–Kier alpha value is 1.01. The molecule has 0 rings (SSSR count). The molecule has 3 nitrogen and oxygen atoms in total. The molecule has 0 aromatic heterocycles. The maximum Gasteiger partial charge on any atom is 0.501 e. The van der Waals surface area contributed by atoms with Crippen LogP contribution in [0.1, 0.15) is 86.0 Å². The van der Waals surface area contributed by atoms with Crippen molar-refractivity contribution in [3.05, 3.63) is 0 Å². The third kappa shape index (κ3) is 17.4. The molecule has 0 saturated carbocycles. The molecule has 0 aromatic rings. The fraction of sp³-hybridized carbons (Fsp3) is 1.00. The molecule has 0 aliphatic rings. The van der Waals surface area contributed by atoms with Crippen LogP contribution >= 0.6 is 21.6 Å². The molecule has 0 aliphatic carbocycles. The molecule has 0 aliphatic heterocycles. The van der Waals surface area contributed by atoms with Crippen molar-refractivity contribution in [1.82, 2.24) is 0 Å². The predicted molar refractivity (Wildman–Crippen MR) is 154 cm³/mol. The van der Waals surface area contributed by atoms with Crippen LogP contribution in [0.4, 0.5) is 0 Å². The lowest BCUT2D eigenvalue weighted by Crippen LogP contribution is -2.47. The van der Waals surface area contributed by atoms with Crippen LogP contribution in [0.3, 0.4) is 0 Å². The molecule has 0 radical (unpaired) electrons. The normalized spacial score (nSPS) is 14.6. The fourth-order valence-corrected chi connectivity index (χ4v) is 12.0. The van der Waals surface area contributed by atoms with Crippen molar-refractivity contribution in [3.8, 4) is 0 Å². The summed E-state index contributed by atoms with van der Waals surface area (Å²) < 4.78 is 18.2. The van der Waals surface area contributed by atoms with Crippen molar-refractivity contribution in [2.45, 2.75) is 118 Å². The molecule has 0 fully saturated rings. The lowest BCUT2D eigenvalue weighted by Gasteiger charge is -2.31. The minimum atomic E-state index is -2.51. The van der Waals surface area contributed by atoms with E-state index in [2.05, 4.69) is 55.1 Å². The smallest absolute Gasteiger partial charge is 0.374 e. The third-order valence-corrected chi connectivity index (χ3v) is 13.6. The second-order valence-electron chi connectivity index (χ2n) is 10.1. The van der Waals surface area contributed by atoms with Gasteiger partial charge in [0.25, 0.3) is 0 Å². The number of unbranched alkanes of at least 4 members (excludes halogenated alkanes) is 2. The Balaban J connectivity index is 3.97. The summed E-state index contributed by atoms with van der Waals surface area (Å²) in [5, 5.41) is 0. The Morgan fingerprint density at radius 1 is 0.594 bits per heavy atom. The predicted octanol–water partition coefficient (Wildman–Crippen LogP) is 9.15. The van der Waals surface area contributed by atoms with E-state index >= 15 is 0 Å². The van der Waals surface area contributed by atoms with Crippen molar-refractivity contribution in [2.24, 2.45) is 11.8 Å². The van der Waals surface area contributed by atoms with Crippen LogP contribution in [0.15, 0.2) is 0 Å². The largest absolute Gasteiger partial charge is 0.501 e. The summed E-state index contributed by atoms with van der Waals surface area (Å²) >= 11 is 0. The molecular formula is C25H56O3S2Si2. The van der Waals surface area contributed by atoms with E-state index in [0.29, 0.717) is 25.7 Å². The first-order valence-electron chi connectivity index (χ1n) is 13.4.